The maximum absolute atomic E-state index is 9.74. The van der Waals surface area contributed by atoms with Gasteiger partial charge in [0.15, 0.2) is 6.29 Å². The first-order valence-electron chi connectivity index (χ1n) is 7.01. The molecular weight excluding hydrogens is 320 g/mol. The topological polar surface area (TPSA) is 190 Å². The Morgan fingerprint density at radius 2 is 1.52 bits per heavy atom. The number of hydrogen-bond donors (Lipinski definition) is 8. The smallest absolute Gasteiger partial charge is 0.183 e. The van der Waals surface area contributed by atoms with Gasteiger partial charge in [-0.3, -0.25) is 0 Å². The van der Waals surface area contributed by atoms with Crippen LogP contribution in [0.1, 0.15) is 6.92 Å². The van der Waals surface area contributed by atoms with Gasteiger partial charge in [0.1, 0.15) is 49.3 Å². The predicted octanol–water partition coefficient (Wildman–Crippen LogP) is -4.80. The Bertz CT molecular complexity index is 343. The van der Waals surface area contributed by atoms with Gasteiger partial charge in [0.2, 0.25) is 0 Å². The second-order valence-corrected chi connectivity index (χ2v) is 5.36. The number of rotatable bonds is 8. The molecule has 23 heavy (non-hydrogen) atoms. The standard InChI is InChI=1S/C12H24O11/c1-4-11(9(18)10(19)12(20)22-4)23-21-3-6(15)8(17)7(16)5(14)2-13/h4-20H,2-3H2,1H3. The first kappa shape index (κ1) is 20.6. The fraction of sp³-hybridized carbons (Fsp3) is 1.00. The van der Waals surface area contributed by atoms with E-state index in [1.165, 1.54) is 6.92 Å². The van der Waals surface area contributed by atoms with E-state index in [9.17, 15) is 30.6 Å². The zero-order valence-corrected chi connectivity index (χ0v) is 12.4. The van der Waals surface area contributed by atoms with Gasteiger partial charge < -0.3 is 45.6 Å². The van der Waals surface area contributed by atoms with Crippen molar-refractivity contribution in [1.82, 2.24) is 0 Å². The maximum Gasteiger partial charge on any atom is 0.183 e. The Balaban J connectivity index is 2.43. The SMILES string of the molecule is CC1OC(O)C(O)C(O)C1OOCC(O)C(O)C(O)C(O)CO. The molecule has 0 aliphatic carbocycles. The Kier molecular flexibility index (Phi) is 8.20. The highest BCUT2D eigenvalue weighted by Gasteiger charge is 2.43. The van der Waals surface area contributed by atoms with E-state index in [0.717, 1.165) is 0 Å². The van der Waals surface area contributed by atoms with E-state index in [4.69, 9.17) is 19.8 Å². The van der Waals surface area contributed by atoms with E-state index < -0.39 is 68.3 Å². The third-order valence-electron chi connectivity index (χ3n) is 3.54. The molecule has 0 aromatic heterocycles. The second-order valence-electron chi connectivity index (χ2n) is 5.36. The highest BCUT2D eigenvalue weighted by molar-refractivity contribution is 4.87. The first-order chi connectivity index (χ1) is 10.7. The van der Waals surface area contributed by atoms with Gasteiger partial charge >= 0.3 is 0 Å². The highest BCUT2D eigenvalue weighted by Crippen LogP contribution is 2.22. The van der Waals surface area contributed by atoms with Crippen LogP contribution >= 0.6 is 0 Å². The molecular formula is C12H24O11. The average Bonchev–Trinajstić information content (AvgIpc) is 2.53. The molecule has 138 valence electrons. The molecule has 0 amide bonds. The summed E-state index contributed by atoms with van der Waals surface area (Å²) in [5.74, 6) is 0. The van der Waals surface area contributed by atoms with Crippen LogP contribution in [-0.4, -0.2) is 109 Å². The summed E-state index contributed by atoms with van der Waals surface area (Å²) in [6, 6.07) is 0. The molecule has 9 atom stereocenters. The van der Waals surface area contributed by atoms with Crippen LogP contribution in [0.4, 0.5) is 0 Å². The largest absolute Gasteiger partial charge is 0.394 e. The lowest BCUT2D eigenvalue weighted by Crippen LogP contribution is -2.57. The molecule has 9 unspecified atom stereocenters. The Hall–Kier alpha value is -0.440. The van der Waals surface area contributed by atoms with E-state index in [1.807, 2.05) is 0 Å². The van der Waals surface area contributed by atoms with Crippen LogP contribution in [0, 0.1) is 0 Å². The van der Waals surface area contributed by atoms with Crippen LogP contribution in [0.3, 0.4) is 0 Å². The lowest BCUT2D eigenvalue weighted by atomic mass is 10.0. The van der Waals surface area contributed by atoms with Crippen molar-refractivity contribution >= 4 is 0 Å². The fourth-order valence-electron chi connectivity index (χ4n) is 2.00. The van der Waals surface area contributed by atoms with Crippen molar-refractivity contribution in [1.29, 1.82) is 0 Å². The zero-order valence-electron chi connectivity index (χ0n) is 12.4. The molecule has 11 heteroatoms. The number of aliphatic hydroxyl groups excluding tert-OH is 8. The molecule has 1 rings (SSSR count). The molecule has 1 saturated heterocycles. The molecule has 1 heterocycles. The van der Waals surface area contributed by atoms with E-state index in [1.54, 1.807) is 0 Å². The molecule has 0 bridgehead atoms. The zero-order chi connectivity index (χ0) is 17.7. The van der Waals surface area contributed by atoms with Gasteiger partial charge in [0.05, 0.1) is 12.7 Å². The fourth-order valence-corrected chi connectivity index (χ4v) is 2.00. The molecule has 0 radical (unpaired) electrons. The summed E-state index contributed by atoms with van der Waals surface area (Å²) in [5, 5.41) is 74.8. The van der Waals surface area contributed by atoms with Gasteiger partial charge in [-0.25, -0.2) is 9.78 Å². The summed E-state index contributed by atoms with van der Waals surface area (Å²) in [7, 11) is 0. The third-order valence-corrected chi connectivity index (χ3v) is 3.54. The molecule has 1 aliphatic heterocycles. The second kappa shape index (κ2) is 9.15. The molecule has 0 spiro atoms. The van der Waals surface area contributed by atoms with Crippen LogP contribution in [0.2, 0.25) is 0 Å². The molecule has 1 fully saturated rings. The van der Waals surface area contributed by atoms with Gasteiger partial charge in [-0.15, -0.1) is 0 Å². The molecule has 0 saturated carbocycles. The van der Waals surface area contributed by atoms with Crippen molar-refractivity contribution in [3.63, 3.8) is 0 Å². The van der Waals surface area contributed by atoms with E-state index >= 15 is 0 Å². The van der Waals surface area contributed by atoms with E-state index in [-0.39, 0.29) is 0 Å². The van der Waals surface area contributed by atoms with E-state index in [0.29, 0.717) is 0 Å². The lowest BCUT2D eigenvalue weighted by Gasteiger charge is -2.38. The molecule has 1 aliphatic rings. The van der Waals surface area contributed by atoms with E-state index in [2.05, 4.69) is 4.89 Å². The van der Waals surface area contributed by atoms with Crippen LogP contribution in [0.25, 0.3) is 0 Å². The monoisotopic (exact) mass is 344 g/mol. The van der Waals surface area contributed by atoms with Crippen molar-refractivity contribution in [2.75, 3.05) is 13.2 Å². The Morgan fingerprint density at radius 1 is 0.957 bits per heavy atom. The minimum absolute atomic E-state index is 0.648. The molecule has 0 aromatic carbocycles. The third kappa shape index (κ3) is 5.27. The summed E-state index contributed by atoms with van der Waals surface area (Å²) in [6.07, 6.45) is -13.7. The highest BCUT2D eigenvalue weighted by atomic mass is 17.2. The van der Waals surface area contributed by atoms with Crippen LogP contribution in [-0.2, 0) is 14.5 Å². The minimum Gasteiger partial charge on any atom is -0.394 e. The lowest BCUT2D eigenvalue weighted by molar-refractivity contribution is -0.395. The average molecular weight is 344 g/mol. The number of aliphatic hydroxyl groups is 8. The van der Waals surface area contributed by atoms with Gasteiger partial charge in [0, 0.05) is 0 Å². The van der Waals surface area contributed by atoms with Crippen molar-refractivity contribution in [3.05, 3.63) is 0 Å². The molecule has 8 N–H and O–H groups in total. The molecule has 11 nitrogen and oxygen atoms in total. The van der Waals surface area contributed by atoms with Crippen molar-refractivity contribution < 1.29 is 55.4 Å². The van der Waals surface area contributed by atoms with Crippen LogP contribution in [0.15, 0.2) is 0 Å². The normalized spacial score (nSPS) is 37.2. The first-order valence-corrected chi connectivity index (χ1v) is 7.01. The maximum atomic E-state index is 9.74. The molecule has 0 aromatic rings. The van der Waals surface area contributed by atoms with Crippen molar-refractivity contribution in [3.8, 4) is 0 Å². The minimum atomic E-state index is -1.82. The Morgan fingerprint density at radius 3 is 2.09 bits per heavy atom. The Labute approximate surface area is 131 Å². The van der Waals surface area contributed by atoms with Crippen molar-refractivity contribution in [2.45, 2.75) is 62.0 Å². The van der Waals surface area contributed by atoms with Gasteiger partial charge in [0.25, 0.3) is 0 Å². The van der Waals surface area contributed by atoms with Gasteiger partial charge in [-0.05, 0) is 6.92 Å². The summed E-state index contributed by atoms with van der Waals surface area (Å²) in [4.78, 5) is 9.45. The summed E-state index contributed by atoms with van der Waals surface area (Å²) in [6.45, 7) is -0.0183. The quantitative estimate of drug-likeness (QED) is 0.156. The summed E-state index contributed by atoms with van der Waals surface area (Å²) >= 11 is 0. The number of ether oxygens (including phenoxy) is 1. The number of hydrogen-bond acceptors (Lipinski definition) is 11. The predicted molar refractivity (Wildman–Crippen MR) is 70.5 cm³/mol. The summed E-state index contributed by atoms with van der Waals surface area (Å²) < 4.78 is 4.90. The van der Waals surface area contributed by atoms with Gasteiger partial charge in [-0.1, -0.05) is 0 Å². The van der Waals surface area contributed by atoms with Crippen LogP contribution < -0.4 is 0 Å². The van der Waals surface area contributed by atoms with Crippen LogP contribution in [0.5, 0.6) is 0 Å². The summed E-state index contributed by atoms with van der Waals surface area (Å²) in [5.41, 5.74) is 0. The van der Waals surface area contributed by atoms with Gasteiger partial charge in [-0.2, -0.15) is 0 Å². The van der Waals surface area contributed by atoms with Crippen molar-refractivity contribution in [2.24, 2.45) is 0 Å².